The first-order valence-electron chi connectivity index (χ1n) is 10.3. The number of hydrogen-bond acceptors (Lipinski definition) is 3. The second-order valence-electron chi connectivity index (χ2n) is 7.77. The van der Waals surface area contributed by atoms with Crippen LogP contribution in [0.3, 0.4) is 0 Å². The highest BCUT2D eigenvalue weighted by atomic mass is 35.5. The number of nitriles is 1. The van der Waals surface area contributed by atoms with Gasteiger partial charge in [-0.25, -0.2) is 0 Å². The number of anilines is 1. The molecule has 0 aromatic heterocycles. The van der Waals surface area contributed by atoms with Crippen LogP contribution >= 0.6 is 11.6 Å². The number of hydrogen-bond donors (Lipinski definition) is 1. The number of benzene rings is 2. The summed E-state index contributed by atoms with van der Waals surface area (Å²) in [5, 5.41) is 13.2. The molecule has 1 aliphatic rings. The Labute approximate surface area is 178 Å². The maximum Gasteiger partial charge on any atom is 0.223 e. The van der Waals surface area contributed by atoms with Crippen molar-refractivity contribution in [3.8, 4) is 6.07 Å². The van der Waals surface area contributed by atoms with E-state index in [4.69, 9.17) is 16.9 Å². The van der Waals surface area contributed by atoms with Crippen LogP contribution < -0.4 is 5.32 Å². The van der Waals surface area contributed by atoms with E-state index in [1.165, 1.54) is 11.1 Å². The summed E-state index contributed by atoms with van der Waals surface area (Å²) in [6.45, 7) is 7.14. The fraction of sp³-hybridized carbons (Fsp3) is 0.417. The van der Waals surface area contributed by atoms with Gasteiger partial charge in [0.1, 0.15) is 6.07 Å². The lowest BCUT2D eigenvalue weighted by Crippen LogP contribution is -2.36. The van der Waals surface area contributed by atoms with Crippen molar-refractivity contribution in [1.29, 1.82) is 5.26 Å². The number of likely N-dealkylation sites (tertiary alicyclic amines) is 1. The van der Waals surface area contributed by atoms with Crippen LogP contribution in [0, 0.1) is 24.2 Å². The fourth-order valence-corrected chi connectivity index (χ4v) is 4.55. The molecule has 1 aliphatic heterocycles. The minimum Gasteiger partial charge on any atom is -0.378 e. The molecule has 2 aromatic rings. The Morgan fingerprint density at radius 1 is 1.24 bits per heavy atom. The van der Waals surface area contributed by atoms with Crippen LogP contribution in [0.2, 0.25) is 5.02 Å². The Kier molecular flexibility index (Phi) is 6.82. The van der Waals surface area contributed by atoms with E-state index in [0.717, 1.165) is 25.1 Å². The number of amides is 1. The zero-order valence-corrected chi connectivity index (χ0v) is 18.0. The minimum atomic E-state index is -0.0106. The average molecular weight is 410 g/mol. The lowest BCUT2D eigenvalue weighted by molar-refractivity contribution is -0.129. The lowest BCUT2D eigenvalue weighted by atomic mass is 9.89. The quantitative estimate of drug-likeness (QED) is 0.637. The first kappa shape index (κ1) is 21.2. The molecular weight excluding hydrogens is 382 g/mol. The molecule has 1 saturated heterocycles. The van der Waals surface area contributed by atoms with Crippen LogP contribution in [0.1, 0.15) is 55.8 Å². The summed E-state index contributed by atoms with van der Waals surface area (Å²) >= 11 is 6.25. The van der Waals surface area contributed by atoms with Crippen molar-refractivity contribution in [2.75, 3.05) is 11.9 Å². The van der Waals surface area contributed by atoms with Crippen molar-refractivity contribution in [1.82, 2.24) is 4.90 Å². The van der Waals surface area contributed by atoms with E-state index in [0.29, 0.717) is 23.0 Å². The second-order valence-corrected chi connectivity index (χ2v) is 8.17. The van der Waals surface area contributed by atoms with Gasteiger partial charge >= 0.3 is 0 Å². The molecule has 152 valence electrons. The second kappa shape index (κ2) is 9.33. The molecule has 0 bridgehead atoms. The standard InChI is InChI=1S/C24H28ClN3O/c1-4-20(5-2)28-15-18(12-23(28)29)24(21-9-7-6-8-16(21)3)27-19-11-10-17(14-26)22(25)13-19/h6-11,13,18,20,24,27H,4-5,12,15H2,1-3H3/t18-,24?/m0/s1. The van der Waals surface area contributed by atoms with Crippen LogP contribution in [-0.2, 0) is 4.79 Å². The van der Waals surface area contributed by atoms with Crippen molar-refractivity contribution < 1.29 is 4.79 Å². The molecule has 1 heterocycles. The molecule has 1 N–H and O–H groups in total. The average Bonchev–Trinajstić information content (AvgIpc) is 3.09. The Hall–Kier alpha value is -2.51. The molecule has 0 spiro atoms. The molecule has 1 fully saturated rings. The van der Waals surface area contributed by atoms with Gasteiger partial charge in [0.15, 0.2) is 0 Å². The number of halogens is 1. The van der Waals surface area contributed by atoms with Crippen LogP contribution in [-0.4, -0.2) is 23.4 Å². The summed E-state index contributed by atoms with van der Waals surface area (Å²) in [4.78, 5) is 14.9. The van der Waals surface area contributed by atoms with Gasteiger partial charge in [-0.15, -0.1) is 0 Å². The highest BCUT2D eigenvalue weighted by Crippen LogP contribution is 2.37. The van der Waals surface area contributed by atoms with Crippen LogP contribution in [0.4, 0.5) is 5.69 Å². The van der Waals surface area contributed by atoms with E-state index >= 15 is 0 Å². The molecule has 29 heavy (non-hydrogen) atoms. The SMILES string of the molecule is CCC(CC)N1C[C@@H](C(Nc2ccc(C#N)c(Cl)c2)c2ccccc2C)CC1=O. The highest BCUT2D eigenvalue weighted by molar-refractivity contribution is 6.32. The summed E-state index contributed by atoms with van der Waals surface area (Å²) < 4.78 is 0. The van der Waals surface area contributed by atoms with Crippen LogP contribution in [0.15, 0.2) is 42.5 Å². The molecule has 0 saturated carbocycles. The molecule has 4 nitrogen and oxygen atoms in total. The minimum absolute atomic E-state index is 0.0106. The van der Waals surface area contributed by atoms with Gasteiger partial charge < -0.3 is 10.2 Å². The molecule has 3 rings (SSSR count). The van der Waals surface area contributed by atoms with Crippen molar-refractivity contribution in [2.24, 2.45) is 5.92 Å². The third-order valence-corrected chi connectivity index (χ3v) is 6.29. The zero-order chi connectivity index (χ0) is 21.0. The van der Waals surface area contributed by atoms with Gasteiger partial charge in [0.2, 0.25) is 5.91 Å². The predicted octanol–water partition coefficient (Wildman–Crippen LogP) is 5.71. The summed E-state index contributed by atoms with van der Waals surface area (Å²) in [6, 6.07) is 16.1. The highest BCUT2D eigenvalue weighted by Gasteiger charge is 2.38. The summed E-state index contributed by atoms with van der Waals surface area (Å²) in [6.07, 6.45) is 2.48. The number of carbonyl (C=O) groups is 1. The Morgan fingerprint density at radius 3 is 2.59 bits per heavy atom. The largest absolute Gasteiger partial charge is 0.378 e. The summed E-state index contributed by atoms with van der Waals surface area (Å²) in [7, 11) is 0. The third-order valence-electron chi connectivity index (χ3n) is 5.98. The van der Waals surface area contributed by atoms with E-state index in [1.807, 2.05) is 18.2 Å². The van der Waals surface area contributed by atoms with Crippen molar-refractivity contribution in [2.45, 2.75) is 52.1 Å². The van der Waals surface area contributed by atoms with Gasteiger partial charge in [0, 0.05) is 30.6 Å². The maximum absolute atomic E-state index is 12.8. The lowest BCUT2D eigenvalue weighted by Gasteiger charge is -2.30. The maximum atomic E-state index is 12.8. The number of rotatable bonds is 7. The predicted molar refractivity (Wildman–Crippen MR) is 118 cm³/mol. The molecule has 5 heteroatoms. The van der Waals surface area contributed by atoms with E-state index in [9.17, 15) is 4.79 Å². The van der Waals surface area contributed by atoms with Crippen LogP contribution in [0.5, 0.6) is 0 Å². The van der Waals surface area contributed by atoms with Gasteiger partial charge in [-0.05, 0) is 49.1 Å². The summed E-state index contributed by atoms with van der Waals surface area (Å²) in [5.41, 5.74) is 3.70. The molecule has 1 amide bonds. The number of carbonyl (C=O) groups excluding carboxylic acids is 1. The summed E-state index contributed by atoms with van der Waals surface area (Å²) in [5.74, 6) is 0.403. The van der Waals surface area contributed by atoms with Gasteiger partial charge in [-0.3, -0.25) is 4.79 Å². The van der Waals surface area contributed by atoms with Gasteiger partial charge in [0.05, 0.1) is 16.6 Å². The molecular formula is C24H28ClN3O. The van der Waals surface area contributed by atoms with Gasteiger partial charge in [-0.2, -0.15) is 5.26 Å². The fourth-order valence-electron chi connectivity index (χ4n) is 4.33. The molecule has 2 aromatic carbocycles. The molecule has 0 radical (unpaired) electrons. The van der Waals surface area contributed by atoms with Crippen molar-refractivity contribution >= 4 is 23.2 Å². The van der Waals surface area contributed by atoms with E-state index < -0.39 is 0 Å². The zero-order valence-electron chi connectivity index (χ0n) is 17.3. The van der Waals surface area contributed by atoms with E-state index in [2.05, 4.69) is 49.2 Å². The van der Waals surface area contributed by atoms with E-state index in [-0.39, 0.29) is 17.9 Å². The topological polar surface area (TPSA) is 56.1 Å². The first-order chi connectivity index (χ1) is 14.0. The first-order valence-corrected chi connectivity index (χ1v) is 10.7. The Bertz CT molecular complexity index is 917. The van der Waals surface area contributed by atoms with Crippen LogP contribution in [0.25, 0.3) is 0 Å². The van der Waals surface area contributed by atoms with Crippen molar-refractivity contribution in [3.63, 3.8) is 0 Å². The van der Waals surface area contributed by atoms with Gasteiger partial charge in [-0.1, -0.05) is 49.7 Å². The van der Waals surface area contributed by atoms with E-state index in [1.54, 1.807) is 12.1 Å². The Morgan fingerprint density at radius 2 is 1.97 bits per heavy atom. The third kappa shape index (κ3) is 4.57. The molecule has 2 atom stereocenters. The van der Waals surface area contributed by atoms with Gasteiger partial charge in [0.25, 0.3) is 0 Å². The smallest absolute Gasteiger partial charge is 0.223 e. The number of aryl methyl sites for hydroxylation is 1. The number of nitrogens with zero attached hydrogens (tertiary/aromatic N) is 2. The normalized spacial score (nSPS) is 17.4. The monoisotopic (exact) mass is 409 g/mol. The molecule has 1 unspecified atom stereocenters. The number of nitrogens with one attached hydrogen (secondary N) is 1. The molecule has 0 aliphatic carbocycles. The Balaban J connectivity index is 1.93. The van der Waals surface area contributed by atoms with Crippen molar-refractivity contribution in [3.05, 3.63) is 64.2 Å².